The normalized spacial score (nSPS) is 11.8. The lowest BCUT2D eigenvalue weighted by atomic mass is 9.82. The van der Waals surface area contributed by atoms with Crippen LogP contribution in [0.4, 0.5) is 45.5 Å². The number of hydrogen-bond donors (Lipinski definition) is 3. The zero-order chi connectivity index (χ0) is 45.5. The van der Waals surface area contributed by atoms with Crippen molar-refractivity contribution in [2.75, 3.05) is 51.2 Å². The Labute approximate surface area is 373 Å². The monoisotopic (exact) mass is 879 g/mol. The third-order valence-corrected chi connectivity index (χ3v) is 12.9. The summed E-state index contributed by atoms with van der Waals surface area (Å²) in [6.45, 7) is 14.4. The van der Waals surface area contributed by atoms with Gasteiger partial charge in [-0.2, -0.15) is 0 Å². The van der Waals surface area contributed by atoms with E-state index >= 15 is 0 Å². The number of fused-ring (bicyclic) bond motifs is 1. The summed E-state index contributed by atoms with van der Waals surface area (Å²) in [6, 6.07) is 42.4. The van der Waals surface area contributed by atoms with Crippen molar-refractivity contribution < 1.29 is 16.8 Å². The standard InChI is InChI=1S/C52H57N5O4S2/c1-32-26-33(2)50(34(3)27-32)53-48-25-24-47(45-14-12-13-15-46(45)48)49(39-16-20-43(21-17-39)56(8)51-35(4)28-41(29-36(51)5)54-62(10,58)59)40-18-22-44(23-19-40)57(9)52-37(6)30-42(31-38(52)7)55-63(11,60)61/h12-31,49,53-55H,1-11H3. The molecular formula is C52H57N5O4S2. The van der Waals surface area contributed by atoms with E-state index in [1.54, 1.807) is 0 Å². The Morgan fingerprint density at radius 3 is 1.27 bits per heavy atom. The number of anilines is 8. The lowest BCUT2D eigenvalue weighted by Gasteiger charge is -2.27. The van der Waals surface area contributed by atoms with Crippen molar-refractivity contribution in [3.8, 4) is 0 Å². The van der Waals surface area contributed by atoms with Crippen LogP contribution in [-0.4, -0.2) is 43.4 Å². The molecule has 9 nitrogen and oxygen atoms in total. The van der Waals surface area contributed by atoms with Crippen LogP contribution in [0.1, 0.15) is 61.6 Å². The lowest BCUT2D eigenvalue weighted by molar-refractivity contribution is 0.605. The molecule has 0 heterocycles. The second-order valence-electron chi connectivity index (χ2n) is 17.0. The Kier molecular flexibility index (Phi) is 12.4. The zero-order valence-corrected chi connectivity index (χ0v) is 39.6. The van der Waals surface area contributed by atoms with Gasteiger partial charge in [-0.05, 0) is 159 Å². The Morgan fingerprint density at radius 1 is 0.476 bits per heavy atom. The van der Waals surface area contributed by atoms with Gasteiger partial charge in [-0.3, -0.25) is 9.44 Å². The maximum Gasteiger partial charge on any atom is 0.229 e. The maximum atomic E-state index is 12.0. The first-order valence-corrected chi connectivity index (χ1v) is 24.7. The Bertz CT molecular complexity index is 2880. The summed E-state index contributed by atoms with van der Waals surface area (Å²) in [4.78, 5) is 4.30. The summed E-state index contributed by atoms with van der Waals surface area (Å²) in [5.41, 5.74) is 18.2. The third kappa shape index (κ3) is 9.85. The van der Waals surface area contributed by atoms with Gasteiger partial charge < -0.3 is 15.1 Å². The number of aryl methyl sites for hydroxylation is 7. The van der Waals surface area contributed by atoms with Crippen LogP contribution in [0.25, 0.3) is 10.8 Å². The van der Waals surface area contributed by atoms with Gasteiger partial charge in [-0.25, -0.2) is 16.8 Å². The highest BCUT2D eigenvalue weighted by Crippen LogP contribution is 2.42. The van der Waals surface area contributed by atoms with E-state index in [2.05, 4.69) is 142 Å². The van der Waals surface area contributed by atoms with Crippen molar-refractivity contribution in [3.63, 3.8) is 0 Å². The van der Waals surface area contributed by atoms with Crippen LogP contribution >= 0.6 is 0 Å². The number of nitrogens with zero attached hydrogens (tertiary/aromatic N) is 2. The molecular weight excluding hydrogens is 823 g/mol. The highest BCUT2D eigenvalue weighted by atomic mass is 32.2. The van der Waals surface area contributed by atoms with Gasteiger partial charge in [0, 0.05) is 70.9 Å². The maximum absolute atomic E-state index is 12.0. The van der Waals surface area contributed by atoms with E-state index in [4.69, 9.17) is 0 Å². The van der Waals surface area contributed by atoms with Gasteiger partial charge in [0.25, 0.3) is 0 Å². The number of nitrogens with one attached hydrogen (secondary N) is 3. The van der Waals surface area contributed by atoms with E-state index in [0.717, 1.165) is 90.8 Å². The Balaban J connectivity index is 1.30. The SMILES string of the molecule is Cc1cc(C)c(Nc2ccc(C(c3ccc(N(C)c4c(C)cc(NS(C)(=O)=O)cc4C)cc3)c3ccc(N(C)c4c(C)cc(NS(C)(=O)=O)cc4C)cc3)c3ccccc23)c(C)c1. The molecule has 0 aromatic heterocycles. The van der Waals surface area contributed by atoms with E-state index in [-0.39, 0.29) is 5.92 Å². The first-order chi connectivity index (χ1) is 29.7. The van der Waals surface area contributed by atoms with Gasteiger partial charge in [-0.1, -0.05) is 72.3 Å². The minimum atomic E-state index is -3.41. The molecule has 7 rings (SSSR count). The second-order valence-corrected chi connectivity index (χ2v) is 20.5. The van der Waals surface area contributed by atoms with E-state index in [1.165, 1.54) is 22.3 Å². The molecule has 3 N–H and O–H groups in total. The van der Waals surface area contributed by atoms with E-state index in [0.29, 0.717) is 11.4 Å². The summed E-state index contributed by atoms with van der Waals surface area (Å²) >= 11 is 0. The molecule has 0 saturated heterocycles. The molecule has 0 spiro atoms. The fourth-order valence-electron chi connectivity index (χ4n) is 9.30. The second kappa shape index (κ2) is 17.5. The van der Waals surface area contributed by atoms with Crippen LogP contribution in [0.3, 0.4) is 0 Å². The van der Waals surface area contributed by atoms with Gasteiger partial charge in [0.2, 0.25) is 20.0 Å². The van der Waals surface area contributed by atoms with Crippen molar-refractivity contribution in [2.45, 2.75) is 54.4 Å². The molecule has 0 unspecified atom stereocenters. The summed E-state index contributed by atoms with van der Waals surface area (Å²) in [7, 11) is -2.74. The lowest BCUT2D eigenvalue weighted by Crippen LogP contribution is -2.15. The molecule has 0 aliphatic heterocycles. The molecule has 0 aliphatic carbocycles. The highest BCUT2D eigenvalue weighted by Gasteiger charge is 2.23. The van der Waals surface area contributed by atoms with Gasteiger partial charge in [0.05, 0.1) is 12.5 Å². The quantitative estimate of drug-likeness (QED) is 0.0989. The largest absolute Gasteiger partial charge is 0.355 e. The van der Waals surface area contributed by atoms with Crippen LogP contribution < -0.4 is 24.6 Å². The van der Waals surface area contributed by atoms with Gasteiger partial charge in [0.15, 0.2) is 0 Å². The van der Waals surface area contributed by atoms with E-state index in [9.17, 15) is 16.8 Å². The molecule has 0 radical (unpaired) electrons. The molecule has 0 amide bonds. The fourth-order valence-corrected chi connectivity index (χ4v) is 10.4. The molecule has 63 heavy (non-hydrogen) atoms. The fraction of sp³-hybridized carbons (Fsp3) is 0.231. The van der Waals surface area contributed by atoms with Crippen LogP contribution in [0, 0.1) is 48.5 Å². The van der Waals surface area contributed by atoms with Crippen molar-refractivity contribution in [1.29, 1.82) is 0 Å². The van der Waals surface area contributed by atoms with Crippen molar-refractivity contribution in [3.05, 3.63) is 177 Å². The Hall–Kier alpha value is -6.30. The van der Waals surface area contributed by atoms with Crippen LogP contribution in [0.5, 0.6) is 0 Å². The third-order valence-electron chi connectivity index (χ3n) is 11.7. The molecule has 7 aromatic rings. The first-order valence-electron chi connectivity index (χ1n) is 20.9. The van der Waals surface area contributed by atoms with Crippen molar-refractivity contribution >= 4 is 76.3 Å². The number of sulfonamides is 2. The summed E-state index contributed by atoms with van der Waals surface area (Å²) < 4.78 is 53.2. The predicted octanol–water partition coefficient (Wildman–Crippen LogP) is 12.2. The number of hydrogen-bond acceptors (Lipinski definition) is 7. The average molecular weight is 880 g/mol. The van der Waals surface area contributed by atoms with Crippen LogP contribution in [0.2, 0.25) is 0 Å². The molecule has 0 atom stereocenters. The summed E-state index contributed by atoms with van der Waals surface area (Å²) in [5.74, 6) is -0.125. The molecule has 326 valence electrons. The molecule has 0 fully saturated rings. The molecule has 0 aliphatic rings. The van der Waals surface area contributed by atoms with Gasteiger partial charge in [-0.15, -0.1) is 0 Å². The topological polar surface area (TPSA) is 111 Å². The number of rotatable bonds is 13. The van der Waals surface area contributed by atoms with Crippen molar-refractivity contribution in [1.82, 2.24) is 0 Å². The zero-order valence-electron chi connectivity index (χ0n) is 38.0. The van der Waals surface area contributed by atoms with E-state index < -0.39 is 20.0 Å². The minimum absolute atomic E-state index is 0.125. The number of benzene rings is 7. The van der Waals surface area contributed by atoms with Crippen molar-refractivity contribution in [2.24, 2.45) is 0 Å². The summed E-state index contributed by atoms with van der Waals surface area (Å²) in [5, 5.41) is 6.08. The smallest absolute Gasteiger partial charge is 0.229 e. The van der Waals surface area contributed by atoms with Gasteiger partial charge >= 0.3 is 0 Å². The first kappa shape index (κ1) is 44.7. The predicted molar refractivity (Wildman–Crippen MR) is 267 cm³/mol. The molecule has 7 aromatic carbocycles. The molecule has 11 heteroatoms. The summed E-state index contributed by atoms with van der Waals surface area (Å²) in [6.07, 6.45) is 2.32. The van der Waals surface area contributed by atoms with Gasteiger partial charge in [0.1, 0.15) is 0 Å². The van der Waals surface area contributed by atoms with Crippen LogP contribution in [-0.2, 0) is 20.0 Å². The van der Waals surface area contributed by atoms with E-state index in [1.807, 2.05) is 66.1 Å². The highest BCUT2D eigenvalue weighted by molar-refractivity contribution is 7.92. The minimum Gasteiger partial charge on any atom is -0.355 e. The Morgan fingerprint density at radius 2 is 0.873 bits per heavy atom. The average Bonchev–Trinajstić information content (AvgIpc) is 3.18. The molecule has 0 saturated carbocycles. The van der Waals surface area contributed by atoms with Crippen LogP contribution in [0.15, 0.2) is 121 Å². The molecule has 0 bridgehead atoms.